The van der Waals surface area contributed by atoms with Crippen LogP contribution in [0, 0.1) is 0 Å². The number of ether oxygens (including phenoxy) is 1. The molecule has 3 aromatic rings. The number of hydrogen-bond donors (Lipinski definition) is 1. The van der Waals surface area contributed by atoms with Crippen molar-refractivity contribution in [1.29, 1.82) is 0 Å². The molecule has 0 saturated carbocycles. The van der Waals surface area contributed by atoms with E-state index in [0.29, 0.717) is 41.4 Å². The maximum Gasteiger partial charge on any atom is 0.263 e. The molecule has 3 heterocycles. The Morgan fingerprint density at radius 3 is 2.88 bits per heavy atom. The largest absolute Gasteiger partial charge is 0.492 e. The van der Waals surface area contributed by atoms with Crippen molar-refractivity contribution >= 4 is 26.7 Å². The first-order valence-electron chi connectivity index (χ1n) is 7.68. The molecule has 0 radical (unpaired) electrons. The second-order valence-corrected chi connectivity index (χ2v) is 7.59. The third-order valence-electron chi connectivity index (χ3n) is 3.98. The van der Waals surface area contributed by atoms with Gasteiger partial charge in [0.15, 0.2) is 5.65 Å². The molecular weight excluding hydrogens is 342 g/mol. The highest BCUT2D eigenvalue weighted by Gasteiger charge is 2.23. The molecule has 8 heteroatoms. The number of pyridine rings is 2. The minimum atomic E-state index is -3.41. The molecule has 128 valence electrons. The minimum Gasteiger partial charge on any atom is -0.492 e. The van der Waals surface area contributed by atoms with Gasteiger partial charge in [0.25, 0.3) is 5.56 Å². The summed E-state index contributed by atoms with van der Waals surface area (Å²) >= 11 is 0. The summed E-state index contributed by atoms with van der Waals surface area (Å²) in [5, 5.41) is 0.760. The average Bonchev–Trinajstić information content (AvgIpc) is 3.04. The summed E-state index contributed by atoms with van der Waals surface area (Å²) in [6.07, 6.45) is 3.23. The highest BCUT2D eigenvalue weighted by Crippen LogP contribution is 2.31. The van der Waals surface area contributed by atoms with Gasteiger partial charge in [0, 0.05) is 12.6 Å². The monoisotopic (exact) mass is 357 g/mol. The molecule has 0 aliphatic carbocycles. The van der Waals surface area contributed by atoms with Gasteiger partial charge in [-0.3, -0.25) is 14.1 Å². The number of nitrogens with zero attached hydrogens (tertiary/aromatic N) is 2. The van der Waals surface area contributed by atoms with Gasteiger partial charge in [0.1, 0.15) is 5.75 Å². The van der Waals surface area contributed by atoms with E-state index in [1.54, 1.807) is 36.5 Å². The highest BCUT2D eigenvalue weighted by molar-refractivity contribution is 7.92. The van der Waals surface area contributed by atoms with Gasteiger partial charge in [-0.25, -0.2) is 13.4 Å². The molecule has 0 unspecified atom stereocenters. The zero-order valence-electron chi connectivity index (χ0n) is 13.4. The molecule has 1 N–H and O–H groups in total. The van der Waals surface area contributed by atoms with Crippen LogP contribution >= 0.6 is 0 Å². The van der Waals surface area contributed by atoms with E-state index in [1.807, 2.05) is 6.07 Å². The fraction of sp³-hybridized carbons (Fsp3) is 0.176. The zero-order valence-corrected chi connectivity index (χ0v) is 14.2. The van der Waals surface area contributed by atoms with Gasteiger partial charge in [0.2, 0.25) is 10.0 Å². The lowest BCUT2D eigenvalue weighted by molar-refractivity contribution is 0.360. The number of rotatable bonds is 3. The average molecular weight is 357 g/mol. The summed E-state index contributed by atoms with van der Waals surface area (Å²) in [6, 6.07) is 10.3. The molecule has 0 atom stereocenters. The van der Waals surface area contributed by atoms with E-state index in [4.69, 9.17) is 4.74 Å². The smallest absolute Gasteiger partial charge is 0.263 e. The van der Waals surface area contributed by atoms with Crippen LogP contribution in [-0.4, -0.2) is 30.8 Å². The topological polar surface area (TPSA) is 90.3 Å². The molecule has 1 aliphatic rings. The van der Waals surface area contributed by atoms with E-state index in [0.717, 1.165) is 11.6 Å². The molecule has 2 aromatic heterocycles. The first-order chi connectivity index (χ1) is 11.9. The van der Waals surface area contributed by atoms with Crippen LogP contribution in [0.4, 0.5) is 5.69 Å². The third-order valence-corrected chi connectivity index (χ3v) is 4.59. The summed E-state index contributed by atoms with van der Waals surface area (Å²) in [7, 11) is -3.41. The predicted octanol–water partition coefficient (Wildman–Crippen LogP) is 1.69. The summed E-state index contributed by atoms with van der Waals surface area (Å²) in [5.41, 5.74) is 1.81. The Bertz CT molecular complexity index is 1150. The number of nitrogens with one attached hydrogen (secondary N) is 1. The van der Waals surface area contributed by atoms with Crippen molar-refractivity contribution in [1.82, 2.24) is 9.55 Å². The van der Waals surface area contributed by atoms with Crippen molar-refractivity contribution in [2.24, 2.45) is 0 Å². The molecule has 25 heavy (non-hydrogen) atoms. The zero-order chi connectivity index (χ0) is 17.6. The van der Waals surface area contributed by atoms with Gasteiger partial charge >= 0.3 is 0 Å². The molecule has 1 aromatic carbocycles. The molecule has 0 fully saturated rings. The van der Waals surface area contributed by atoms with Crippen molar-refractivity contribution in [2.75, 3.05) is 17.6 Å². The Balaban J connectivity index is 2.00. The van der Waals surface area contributed by atoms with E-state index >= 15 is 0 Å². The van der Waals surface area contributed by atoms with E-state index in [2.05, 4.69) is 9.71 Å². The van der Waals surface area contributed by atoms with Crippen molar-refractivity contribution in [3.63, 3.8) is 0 Å². The van der Waals surface area contributed by atoms with Crippen LogP contribution in [0.2, 0.25) is 0 Å². The normalized spacial score (nSPS) is 13.5. The van der Waals surface area contributed by atoms with Crippen LogP contribution in [0.3, 0.4) is 0 Å². The Hall–Kier alpha value is -2.87. The molecule has 0 spiro atoms. The maximum absolute atomic E-state index is 13.0. The Labute approximate surface area is 143 Å². The summed E-state index contributed by atoms with van der Waals surface area (Å²) in [6.45, 7) is 0.467. The number of fused-ring (bicyclic) bond motifs is 3. The fourth-order valence-electron chi connectivity index (χ4n) is 3.05. The van der Waals surface area contributed by atoms with Crippen LogP contribution in [-0.2, 0) is 16.4 Å². The Morgan fingerprint density at radius 1 is 1.24 bits per heavy atom. The highest BCUT2D eigenvalue weighted by atomic mass is 32.2. The van der Waals surface area contributed by atoms with Crippen LogP contribution in [0.5, 0.6) is 5.75 Å². The van der Waals surface area contributed by atoms with Gasteiger partial charge in [-0.1, -0.05) is 6.07 Å². The first kappa shape index (κ1) is 15.6. The second kappa shape index (κ2) is 5.59. The summed E-state index contributed by atoms with van der Waals surface area (Å²) in [5.74, 6) is 0.592. The molecule has 0 bridgehead atoms. The number of benzene rings is 1. The van der Waals surface area contributed by atoms with E-state index in [9.17, 15) is 13.2 Å². The number of aromatic nitrogens is 2. The van der Waals surface area contributed by atoms with Gasteiger partial charge in [-0.05, 0) is 30.3 Å². The third kappa shape index (κ3) is 2.74. The summed E-state index contributed by atoms with van der Waals surface area (Å²) in [4.78, 5) is 17.3. The lowest BCUT2D eigenvalue weighted by Crippen LogP contribution is -2.22. The van der Waals surface area contributed by atoms with Crippen molar-refractivity contribution in [2.45, 2.75) is 6.42 Å². The lowest BCUT2D eigenvalue weighted by Gasteiger charge is -2.13. The van der Waals surface area contributed by atoms with Gasteiger partial charge in [-0.2, -0.15) is 0 Å². The predicted molar refractivity (Wildman–Crippen MR) is 95.0 cm³/mol. The first-order valence-corrected chi connectivity index (χ1v) is 9.57. The molecule has 0 saturated heterocycles. The van der Waals surface area contributed by atoms with E-state index < -0.39 is 10.0 Å². The van der Waals surface area contributed by atoms with Crippen LogP contribution < -0.4 is 15.0 Å². The van der Waals surface area contributed by atoms with E-state index in [-0.39, 0.29) is 5.56 Å². The lowest BCUT2D eigenvalue weighted by atomic mass is 10.1. The van der Waals surface area contributed by atoms with E-state index in [1.165, 1.54) is 4.57 Å². The molecule has 7 nitrogen and oxygen atoms in total. The quantitative estimate of drug-likeness (QED) is 0.770. The number of hydrogen-bond acceptors (Lipinski definition) is 5. The van der Waals surface area contributed by atoms with Crippen LogP contribution in [0.25, 0.3) is 16.7 Å². The van der Waals surface area contributed by atoms with Crippen molar-refractivity contribution < 1.29 is 13.2 Å². The van der Waals surface area contributed by atoms with Crippen molar-refractivity contribution in [3.8, 4) is 11.4 Å². The molecule has 4 rings (SSSR count). The van der Waals surface area contributed by atoms with Crippen molar-refractivity contribution in [3.05, 3.63) is 58.5 Å². The van der Waals surface area contributed by atoms with Gasteiger partial charge in [0.05, 0.1) is 35.2 Å². The Kier molecular flexibility index (Phi) is 3.50. The minimum absolute atomic E-state index is 0.199. The molecule has 0 amide bonds. The standard InChI is InChI=1S/C17H15N3O4S/c1-25(22,23)19-11-4-2-5-12(10-11)20-16-13(6-3-8-18-16)15-14(17(20)21)7-9-24-15/h2-6,8,10,19H,7,9H2,1H3. The fourth-order valence-corrected chi connectivity index (χ4v) is 3.60. The second-order valence-electron chi connectivity index (χ2n) is 5.85. The maximum atomic E-state index is 13.0. The molecular formula is C17H15N3O4S. The summed E-state index contributed by atoms with van der Waals surface area (Å²) < 4.78 is 32.5. The van der Waals surface area contributed by atoms with Gasteiger partial charge < -0.3 is 4.74 Å². The van der Waals surface area contributed by atoms with Crippen LogP contribution in [0.15, 0.2) is 47.4 Å². The number of anilines is 1. The Morgan fingerprint density at radius 2 is 2.08 bits per heavy atom. The molecule has 1 aliphatic heterocycles. The SMILES string of the molecule is CS(=O)(=O)Nc1cccc(-n2c(=O)c3c(c4cccnc42)OCC3)c1. The van der Waals surface area contributed by atoms with Gasteiger partial charge in [-0.15, -0.1) is 0 Å². The number of sulfonamides is 1. The van der Waals surface area contributed by atoms with Crippen LogP contribution in [0.1, 0.15) is 5.56 Å².